The topological polar surface area (TPSA) is 43.0 Å². The van der Waals surface area contributed by atoms with Crippen LogP contribution >= 0.6 is 0 Å². The SMILES string of the molecule is COc1ccc(NC2CCN(Cc3cccc(OC)c3OC)CC2)cc1. The lowest BCUT2D eigenvalue weighted by atomic mass is 10.0. The van der Waals surface area contributed by atoms with E-state index in [-0.39, 0.29) is 0 Å². The number of likely N-dealkylation sites (tertiary alicyclic amines) is 1. The number of nitrogens with one attached hydrogen (secondary N) is 1. The molecule has 0 bridgehead atoms. The summed E-state index contributed by atoms with van der Waals surface area (Å²) in [4.78, 5) is 2.48. The Morgan fingerprint density at radius 1 is 0.923 bits per heavy atom. The highest BCUT2D eigenvalue weighted by molar-refractivity contribution is 5.47. The number of nitrogens with zero attached hydrogens (tertiary/aromatic N) is 1. The molecule has 0 aliphatic carbocycles. The third-order valence-corrected chi connectivity index (χ3v) is 4.93. The van der Waals surface area contributed by atoms with E-state index in [9.17, 15) is 0 Å². The largest absolute Gasteiger partial charge is 0.497 e. The average molecular weight is 356 g/mol. The van der Waals surface area contributed by atoms with Crippen molar-refractivity contribution >= 4 is 5.69 Å². The highest BCUT2D eigenvalue weighted by Gasteiger charge is 2.21. The van der Waals surface area contributed by atoms with Gasteiger partial charge in [0, 0.05) is 36.9 Å². The number of hydrogen-bond acceptors (Lipinski definition) is 5. The summed E-state index contributed by atoms with van der Waals surface area (Å²) in [6.07, 6.45) is 2.25. The molecule has 0 aromatic heterocycles. The maximum absolute atomic E-state index is 5.55. The first kappa shape index (κ1) is 18.4. The molecule has 1 fully saturated rings. The molecule has 140 valence electrons. The van der Waals surface area contributed by atoms with Gasteiger partial charge in [0.15, 0.2) is 11.5 Å². The Kier molecular flexibility index (Phi) is 6.23. The number of para-hydroxylation sites is 1. The maximum atomic E-state index is 5.55. The van der Waals surface area contributed by atoms with E-state index in [4.69, 9.17) is 14.2 Å². The van der Waals surface area contributed by atoms with Crippen LogP contribution in [0.2, 0.25) is 0 Å². The van der Waals surface area contributed by atoms with E-state index >= 15 is 0 Å². The Balaban J connectivity index is 1.54. The van der Waals surface area contributed by atoms with E-state index in [2.05, 4.69) is 28.4 Å². The molecule has 0 saturated carbocycles. The fourth-order valence-electron chi connectivity index (χ4n) is 3.48. The number of piperidine rings is 1. The van der Waals surface area contributed by atoms with Crippen molar-refractivity contribution in [3.63, 3.8) is 0 Å². The van der Waals surface area contributed by atoms with E-state index in [1.54, 1.807) is 21.3 Å². The van der Waals surface area contributed by atoms with E-state index < -0.39 is 0 Å². The Hall–Kier alpha value is -2.40. The second-order valence-electron chi connectivity index (χ2n) is 6.58. The molecule has 5 nitrogen and oxygen atoms in total. The number of methoxy groups -OCH3 is 3. The first-order valence-corrected chi connectivity index (χ1v) is 9.06. The molecular formula is C21H28N2O3. The van der Waals surface area contributed by atoms with Gasteiger partial charge in [-0.15, -0.1) is 0 Å². The summed E-state index contributed by atoms with van der Waals surface area (Å²) in [5.74, 6) is 2.52. The van der Waals surface area contributed by atoms with Gasteiger partial charge >= 0.3 is 0 Å². The number of rotatable bonds is 7. The van der Waals surface area contributed by atoms with Crippen LogP contribution in [0.4, 0.5) is 5.69 Å². The number of hydrogen-bond donors (Lipinski definition) is 1. The molecule has 0 atom stereocenters. The zero-order chi connectivity index (χ0) is 18.4. The highest BCUT2D eigenvalue weighted by Crippen LogP contribution is 2.32. The Morgan fingerprint density at radius 3 is 2.27 bits per heavy atom. The van der Waals surface area contributed by atoms with Gasteiger partial charge < -0.3 is 19.5 Å². The van der Waals surface area contributed by atoms with Gasteiger partial charge in [0.25, 0.3) is 0 Å². The fraction of sp³-hybridized carbons (Fsp3) is 0.429. The second-order valence-corrected chi connectivity index (χ2v) is 6.58. The molecule has 2 aromatic carbocycles. The van der Waals surface area contributed by atoms with Crippen LogP contribution in [0.3, 0.4) is 0 Å². The lowest BCUT2D eigenvalue weighted by Gasteiger charge is -2.33. The van der Waals surface area contributed by atoms with Crippen molar-refractivity contribution in [3.8, 4) is 17.2 Å². The normalized spacial score (nSPS) is 15.5. The molecule has 0 unspecified atom stereocenters. The van der Waals surface area contributed by atoms with Gasteiger partial charge in [-0.25, -0.2) is 0 Å². The molecule has 0 radical (unpaired) electrons. The Bertz CT molecular complexity index is 695. The van der Waals surface area contributed by atoms with Gasteiger partial charge in [-0.05, 0) is 43.2 Å². The maximum Gasteiger partial charge on any atom is 0.165 e. The third kappa shape index (κ3) is 4.41. The molecule has 5 heteroatoms. The lowest BCUT2D eigenvalue weighted by Crippen LogP contribution is -2.38. The lowest BCUT2D eigenvalue weighted by molar-refractivity contribution is 0.208. The third-order valence-electron chi connectivity index (χ3n) is 4.93. The minimum absolute atomic E-state index is 0.506. The molecule has 0 spiro atoms. The minimum atomic E-state index is 0.506. The molecular weight excluding hydrogens is 328 g/mol. The summed E-state index contributed by atoms with van der Waals surface area (Å²) in [5, 5.41) is 3.63. The Labute approximate surface area is 155 Å². The van der Waals surface area contributed by atoms with Crippen molar-refractivity contribution in [3.05, 3.63) is 48.0 Å². The van der Waals surface area contributed by atoms with Gasteiger partial charge in [0.2, 0.25) is 0 Å². The van der Waals surface area contributed by atoms with Crippen LogP contribution in [-0.4, -0.2) is 45.4 Å². The van der Waals surface area contributed by atoms with Crippen molar-refractivity contribution < 1.29 is 14.2 Å². The molecule has 1 heterocycles. The molecule has 1 aliphatic rings. The van der Waals surface area contributed by atoms with E-state index in [1.165, 1.54) is 5.56 Å². The number of ether oxygens (including phenoxy) is 3. The second kappa shape index (κ2) is 8.81. The summed E-state index contributed by atoms with van der Waals surface area (Å²) < 4.78 is 16.2. The van der Waals surface area contributed by atoms with Crippen molar-refractivity contribution in [1.29, 1.82) is 0 Å². The van der Waals surface area contributed by atoms with Crippen LogP contribution in [-0.2, 0) is 6.54 Å². The first-order chi connectivity index (χ1) is 12.7. The summed E-state index contributed by atoms with van der Waals surface area (Å²) in [6.45, 7) is 3.01. The minimum Gasteiger partial charge on any atom is -0.497 e. The zero-order valence-electron chi connectivity index (χ0n) is 15.8. The average Bonchev–Trinajstić information content (AvgIpc) is 2.69. The smallest absolute Gasteiger partial charge is 0.165 e. The summed E-state index contributed by atoms with van der Waals surface area (Å²) in [6, 6.07) is 14.7. The predicted molar refractivity (Wildman–Crippen MR) is 104 cm³/mol. The van der Waals surface area contributed by atoms with Crippen LogP contribution in [0, 0.1) is 0 Å². The summed E-state index contributed by atoms with van der Waals surface area (Å²) >= 11 is 0. The van der Waals surface area contributed by atoms with Gasteiger partial charge in [-0.3, -0.25) is 4.90 Å². The van der Waals surface area contributed by atoms with Gasteiger partial charge in [-0.1, -0.05) is 12.1 Å². The van der Waals surface area contributed by atoms with Gasteiger partial charge in [-0.2, -0.15) is 0 Å². The van der Waals surface area contributed by atoms with Crippen molar-refractivity contribution in [2.45, 2.75) is 25.4 Å². The van der Waals surface area contributed by atoms with Crippen LogP contribution < -0.4 is 19.5 Å². The molecule has 26 heavy (non-hydrogen) atoms. The van der Waals surface area contributed by atoms with Gasteiger partial charge in [0.05, 0.1) is 21.3 Å². The highest BCUT2D eigenvalue weighted by atomic mass is 16.5. The molecule has 1 saturated heterocycles. The van der Waals surface area contributed by atoms with E-state index in [0.29, 0.717) is 6.04 Å². The molecule has 1 N–H and O–H groups in total. The number of benzene rings is 2. The molecule has 3 rings (SSSR count). The van der Waals surface area contributed by atoms with Crippen LogP contribution in [0.15, 0.2) is 42.5 Å². The van der Waals surface area contributed by atoms with Gasteiger partial charge in [0.1, 0.15) is 5.75 Å². The Morgan fingerprint density at radius 2 is 1.65 bits per heavy atom. The van der Waals surface area contributed by atoms with Crippen LogP contribution in [0.1, 0.15) is 18.4 Å². The molecule has 0 amide bonds. The first-order valence-electron chi connectivity index (χ1n) is 9.06. The summed E-state index contributed by atoms with van der Waals surface area (Å²) in [5.41, 5.74) is 2.33. The molecule has 1 aliphatic heterocycles. The van der Waals surface area contributed by atoms with Crippen molar-refractivity contribution in [2.75, 3.05) is 39.7 Å². The standard InChI is InChI=1S/C21H28N2O3/c1-24-19-9-7-17(8-10-19)22-18-11-13-23(14-12-18)15-16-5-4-6-20(25-2)21(16)26-3/h4-10,18,22H,11-15H2,1-3H3. The zero-order valence-corrected chi connectivity index (χ0v) is 15.8. The van der Waals surface area contributed by atoms with E-state index in [0.717, 1.165) is 55.4 Å². The monoisotopic (exact) mass is 356 g/mol. The van der Waals surface area contributed by atoms with Crippen molar-refractivity contribution in [1.82, 2.24) is 4.90 Å². The molecule has 2 aromatic rings. The quantitative estimate of drug-likeness (QED) is 0.818. The van der Waals surface area contributed by atoms with E-state index in [1.807, 2.05) is 24.3 Å². The summed E-state index contributed by atoms with van der Waals surface area (Å²) in [7, 11) is 5.07. The van der Waals surface area contributed by atoms with Crippen LogP contribution in [0.5, 0.6) is 17.2 Å². The van der Waals surface area contributed by atoms with Crippen LogP contribution in [0.25, 0.3) is 0 Å². The predicted octanol–water partition coefficient (Wildman–Crippen LogP) is 3.79. The number of anilines is 1. The van der Waals surface area contributed by atoms with Crippen molar-refractivity contribution in [2.24, 2.45) is 0 Å². The fourth-order valence-corrected chi connectivity index (χ4v) is 3.48.